The molecule has 0 bridgehead atoms. The van der Waals surface area contributed by atoms with Gasteiger partial charge in [-0.05, 0) is 29.4 Å². The highest BCUT2D eigenvalue weighted by molar-refractivity contribution is 7.05. The first kappa shape index (κ1) is 11.7. The third-order valence-corrected chi connectivity index (χ3v) is 3.07. The van der Waals surface area contributed by atoms with Crippen molar-refractivity contribution in [3.05, 3.63) is 16.1 Å². The summed E-state index contributed by atoms with van der Waals surface area (Å²) >= 11 is 1.63. The lowest BCUT2D eigenvalue weighted by atomic mass is 9.79. The number of hydrogen-bond donors (Lipinski definition) is 0. The Kier molecular flexibility index (Phi) is 2.79. The van der Waals surface area contributed by atoms with Gasteiger partial charge in [-0.25, -0.2) is 0 Å². The second-order valence-electron chi connectivity index (χ2n) is 5.96. The Balaban J connectivity index is 3.35. The van der Waals surface area contributed by atoms with Crippen molar-refractivity contribution in [2.45, 2.75) is 59.3 Å². The van der Waals surface area contributed by atoms with E-state index in [1.807, 2.05) is 0 Å². The minimum Gasteiger partial charge on any atom is -0.197 e. The van der Waals surface area contributed by atoms with E-state index in [9.17, 15) is 0 Å². The van der Waals surface area contributed by atoms with Crippen molar-refractivity contribution in [1.82, 2.24) is 4.37 Å². The fourth-order valence-corrected chi connectivity index (χ4v) is 2.85. The summed E-state index contributed by atoms with van der Waals surface area (Å²) in [5, 5.41) is 0. The lowest BCUT2D eigenvalue weighted by Crippen LogP contribution is -2.21. The number of hydrogen-bond acceptors (Lipinski definition) is 2. The predicted molar refractivity (Wildman–Crippen MR) is 64.3 cm³/mol. The van der Waals surface area contributed by atoms with Gasteiger partial charge in [-0.1, -0.05) is 41.5 Å². The van der Waals surface area contributed by atoms with Crippen LogP contribution in [0.4, 0.5) is 0 Å². The lowest BCUT2D eigenvalue weighted by Gasteiger charge is -2.26. The smallest absolute Gasteiger partial charge is 0.0635 e. The molecule has 0 aromatic carbocycles. The Bertz CT molecular complexity index is 323. The first-order chi connectivity index (χ1) is 6.14. The third kappa shape index (κ3) is 2.17. The van der Waals surface area contributed by atoms with Gasteiger partial charge in [-0.15, -0.1) is 0 Å². The highest BCUT2D eigenvalue weighted by atomic mass is 32.1. The van der Waals surface area contributed by atoms with E-state index in [0.717, 1.165) is 0 Å². The van der Waals surface area contributed by atoms with Gasteiger partial charge < -0.3 is 0 Å². The average molecular weight is 211 g/mol. The molecule has 1 heterocycles. The number of aromatic nitrogens is 1. The molecule has 0 radical (unpaired) electrons. The van der Waals surface area contributed by atoms with Gasteiger partial charge in [0.1, 0.15) is 0 Å². The van der Waals surface area contributed by atoms with Crippen LogP contribution >= 0.6 is 11.5 Å². The van der Waals surface area contributed by atoms with E-state index in [-0.39, 0.29) is 10.8 Å². The zero-order chi connectivity index (χ0) is 11.1. The van der Waals surface area contributed by atoms with Crippen LogP contribution in [0.25, 0.3) is 0 Å². The van der Waals surface area contributed by atoms with Crippen LogP contribution in [-0.4, -0.2) is 4.37 Å². The predicted octanol–water partition coefficient (Wildman–Crippen LogP) is 4.05. The fourth-order valence-electron chi connectivity index (χ4n) is 1.77. The molecule has 0 saturated heterocycles. The van der Waals surface area contributed by atoms with Crippen LogP contribution in [0.3, 0.4) is 0 Å². The Morgan fingerprint density at radius 3 is 1.71 bits per heavy atom. The quantitative estimate of drug-likeness (QED) is 0.631. The molecule has 0 unspecified atom stereocenters. The molecule has 0 aliphatic rings. The normalized spacial score (nSPS) is 13.4. The largest absolute Gasteiger partial charge is 0.197 e. The highest BCUT2D eigenvalue weighted by Crippen LogP contribution is 2.36. The number of nitrogens with zero attached hydrogens (tertiary/aromatic N) is 1. The molecule has 0 saturated carbocycles. The van der Waals surface area contributed by atoms with Crippen LogP contribution in [0, 0.1) is 6.92 Å². The molecule has 14 heavy (non-hydrogen) atoms. The maximum Gasteiger partial charge on any atom is 0.0635 e. The van der Waals surface area contributed by atoms with Crippen molar-refractivity contribution in [2.24, 2.45) is 0 Å². The standard InChI is InChI=1S/C12H21NS/c1-8-9(11(2,3)4)10(13-14-8)12(5,6)7/h1-7H3. The third-order valence-electron chi connectivity index (χ3n) is 2.32. The summed E-state index contributed by atoms with van der Waals surface area (Å²) in [7, 11) is 0. The summed E-state index contributed by atoms with van der Waals surface area (Å²) in [5.41, 5.74) is 3.08. The van der Waals surface area contributed by atoms with Crippen molar-refractivity contribution in [2.75, 3.05) is 0 Å². The summed E-state index contributed by atoms with van der Waals surface area (Å²) in [6.45, 7) is 15.7. The van der Waals surface area contributed by atoms with E-state index in [0.29, 0.717) is 0 Å². The number of aryl methyl sites for hydroxylation is 1. The van der Waals surface area contributed by atoms with E-state index in [1.54, 1.807) is 11.5 Å². The van der Waals surface area contributed by atoms with Crippen molar-refractivity contribution >= 4 is 11.5 Å². The Labute approximate surface area is 91.7 Å². The fraction of sp³-hybridized carbons (Fsp3) is 0.750. The molecule has 0 spiro atoms. The van der Waals surface area contributed by atoms with Gasteiger partial charge in [0.05, 0.1) is 5.69 Å². The van der Waals surface area contributed by atoms with E-state index in [2.05, 4.69) is 52.8 Å². The maximum absolute atomic E-state index is 4.60. The summed E-state index contributed by atoms with van der Waals surface area (Å²) in [6.07, 6.45) is 0. The molecule has 0 aliphatic heterocycles. The van der Waals surface area contributed by atoms with Crippen molar-refractivity contribution < 1.29 is 0 Å². The summed E-state index contributed by atoms with van der Waals surface area (Å²) in [6, 6.07) is 0. The van der Waals surface area contributed by atoms with Gasteiger partial charge in [0.2, 0.25) is 0 Å². The summed E-state index contributed by atoms with van der Waals surface area (Å²) in [4.78, 5) is 1.36. The molecular weight excluding hydrogens is 190 g/mol. The molecule has 0 fully saturated rings. The Morgan fingerprint density at radius 2 is 1.43 bits per heavy atom. The molecule has 2 heteroatoms. The Hall–Kier alpha value is -0.370. The lowest BCUT2D eigenvalue weighted by molar-refractivity contribution is 0.520. The van der Waals surface area contributed by atoms with Gasteiger partial charge in [-0.2, -0.15) is 4.37 Å². The van der Waals surface area contributed by atoms with Crippen LogP contribution in [0.5, 0.6) is 0 Å². The molecular formula is C12H21NS. The second-order valence-corrected chi connectivity index (χ2v) is 6.94. The molecule has 0 N–H and O–H groups in total. The maximum atomic E-state index is 4.60. The molecule has 1 rings (SSSR count). The highest BCUT2D eigenvalue weighted by Gasteiger charge is 2.29. The Morgan fingerprint density at radius 1 is 0.929 bits per heavy atom. The van der Waals surface area contributed by atoms with Gasteiger partial charge in [0.25, 0.3) is 0 Å². The van der Waals surface area contributed by atoms with Crippen molar-refractivity contribution in [1.29, 1.82) is 0 Å². The zero-order valence-corrected chi connectivity index (χ0v) is 11.2. The average Bonchev–Trinajstić information content (AvgIpc) is 2.27. The topological polar surface area (TPSA) is 12.9 Å². The van der Waals surface area contributed by atoms with Gasteiger partial charge in [0, 0.05) is 10.3 Å². The van der Waals surface area contributed by atoms with Gasteiger partial charge in [0.15, 0.2) is 0 Å². The van der Waals surface area contributed by atoms with E-state index in [1.165, 1.54) is 16.1 Å². The van der Waals surface area contributed by atoms with Gasteiger partial charge >= 0.3 is 0 Å². The van der Waals surface area contributed by atoms with Crippen LogP contribution in [0.1, 0.15) is 57.7 Å². The van der Waals surface area contributed by atoms with Crippen LogP contribution < -0.4 is 0 Å². The van der Waals surface area contributed by atoms with E-state index < -0.39 is 0 Å². The first-order valence-electron chi connectivity index (χ1n) is 5.11. The van der Waals surface area contributed by atoms with Crippen LogP contribution in [0.2, 0.25) is 0 Å². The van der Waals surface area contributed by atoms with E-state index >= 15 is 0 Å². The molecule has 1 aromatic heterocycles. The van der Waals surface area contributed by atoms with Gasteiger partial charge in [-0.3, -0.25) is 0 Å². The van der Waals surface area contributed by atoms with Crippen molar-refractivity contribution in [3.8, 4) is 0 Å². The first-order valence-corrected chi connectivity index (χ1v) is 5.88. The monoisotopic (exact) mass is 211 g/mol. The molecule has 0 amide bonds. The minimum atomic E-state index is 0.160. The second kappa shape index (κ2) is 3.34. The molecule has 1 aromatic rings. The van der Waals surface area contributed by atoms with Crippen LogP contribution in [0.15, 0.2) is 0 Å². The molecule has 0 atom stereocenters. The van der Waals surface area contributed by atoms with Crippen LogP contribution in [-0.2, 0) is 10.8 Å². The zero-order valence-electron chi connectivity index (χ0n) is 10.4. The molecule has 0 aliphatic carbocycles. The molecule has 80 valence electrons. The molecule has 1 nitrogen and oxygen atoms in total. The SMILES string of the molecule is Cc1snc(C(C)(C)C)c1C(C)(C)C. The summed E-state index contributed by atoms with van der Waals surface area (Å²) in [5.74, 6) is 0. The van der Waals surface area contributed by atoms with E-state index in [4.69, 9.17) is 0 Å². The van der Waals surface area contributed by atoms with Crippen molar-refractivity contribution in [3.63, 3.8) is 0 Å². The minimum absolute atomic E-state index is 0.160. The summed E-state index contributed by atoms with van der Waals surface area (Å²) < 4.78 is 4.60. The number of rotatable bonds is 0.